The second kappa shape index (κ2) is 7.16. The summed E-state index contributed by atoms with van der Waals surface area (Å²) < 4.78 is 16.2. The third-order valence-electron chi connectivity index (χ3n) is 3.77. The van der Waals surface area contributed by atoms with E-state index in [9.17, 15) is 14.9 Å². The van der Waals surface area contributed by atoms with Crippen LogP contribution in [0.3, 0.4) is 0 Å². The quantitative estimate of drug-likeness (QED) is 0.368. The van der Waals surface area contributed by atoms with Crippen molar-refractivity contribution in [2.24, 2.45) is 0 Å². The van der Waals surface area contributed by atoms with E-state index < -0.39 is 16.7 Å². The molecule has 0 saturated heterocycles. The van der Waals surface area contributed by atoms with E-state index in [1.807, 2.05) is 31.2 Å². The Morgan fingerprint density at radius 3 is 2.89 bits per heavy atom. The lowest BCUT2D eigenvalue weighted by atomic mass is 10.2. The monoisotopic (exact) mass is 399 g/mol. The molecule has 142 valence electrons. The molecule has 0 aliphatic heterocycles. The number of thiazole rings is 1. The zero-order valence-electron chi connectivity index (χ0n) is 14.5. The van der Waals surface area contributed by atoms with Crippen LogP contribution in [0.5, 0.6) is 5.75 Å². The molecule has 28 heavy (non-hydrogen) atoms. The fourth-order valence-electron chi connectivity index (χ4n) is 2.56. The molecule has 4 rings (SSSR count). The number of benzene rings is 1. The number of rotatable bonds is 6. The van der Waals surface area contributed by atoms with E-state index in [2.05, 4.69) is 10.3 Å². The molecule has 0 radical (unpaired) electrons. The van der Waals surface area contributed by atoms with Crippen LogP contribution in [0.2, 0.25) is 0 Å². The van der Waals surface area contributed by atoms with Gasteiger partial charge in [0.2, 0.25) is 0 Å². The van der Waals surface area contributed by atoms with Gasteiger partial charge in [0, 0.05) is 10.8 Å². The summed E-state index contributed by atoms with van der Waals surface area (Å²) in [4.78, 5) is 26.4. The van der Waals surface area contributed by atoms with E-state index in [1.54, 1.807) is 5.38 Å². The SMILES string of the molecule is CCOc1ccc2oc(-c3csc(NC(=O)c4ccc([N+](=O)[O-])o4)n3)cc2c1. The van der Waals surface area contributed by atoms with Crippen molar-refractivity contribution in [2.75, 3.05) is 11.9 Å². The normalized spacial score (nSPS) is 10.9. The van der Waals surface area contributed by atoms with E-state index in [0.29, 0.717) is 28.8 Å². The van der Waals surface area contributed by atoms with E-state index in [4.69, 9.17) is 13.6 Å². The molecule has 0 fully saturated rings. The van der Waals surface area contributed by atoms with Gasteiger partial charge in [0.1, 0.15) is 21.9 Å². The van der Waals surface area contributed by atoms with Crippen LogP contribution in [-0.4, -0.2) is 22.4 Å². The van der Waals surface area contributed by atoms with Crippen molar-refractivity contribution >= 4 is 39.2 Å². The van der Waals surface area contributed by atoms with Crippen LogP contribution in [0.4, 0.5) is 11.0 Å². The lowest BCUT2D eigenvalue weighted by Crippen LogP contribution is -2.10. The second-order valence-electron chi connectivity index (χ2n) is 5.63. The molecule has 10 heteroatoms. The van der Waals surface area contributed by atoms with Crippen LogP contribution >= 0.6 is 11.3 Å². The van der Waals surface area contributed by atoms with Crippen LogP contribution in [0, 0.1) is 10.1 Å². The van der Waals surface area contributed by atoms with Gasteiger partial charge in [-0.3, -0.25) is 20.2 Å². The summed E-state index contributed by atoms with van der Waals surface area (Å²) in [6, 6.07) is 9.72. The first kappa shape index (κ1) is 17.7. The van der Waals surface area contributed by atoms with E-state index in [1.165, 1.54) is 17.4 Å². The third kappa shape index (κ3) is 3.45. The number of hydrogen-bond donors (Lipinski definition) is 1. The minimum Gasteiger partial charge on any atom is -0.494 e. The van der Waals surface area contributed by atoms with Gasteiger partial charge in [0.15, 0.2) is 16.7 Å². The topological polar surface area (TPSA) is 121 Å². The molecular formula is C18H13N3O6S. The Labute approximate surface area is 161 Å². The van der Waals surface area contributed by atoms with Gasteiger partial charge in [-0.15, -0.1) is 11.3 Å². The number of furan rings is 2. The largest absolute Gasteiger partial charge is 0.494 e. The number of hydrogen-bond acceptors (Lipinski definition) is 8. The van der Waals surface area contributed by atoms with Crippen molar-refractivity contribution in [3.05, 3.63) is 57.7 Å². The molecule has 1 N–H and O–H groups in total. The second-order valence-corrected chi connectivity index (χ2v) is 6.49. The predicted molar refractivity (Wildman–Crippen MR) is 102 cm³/mol. The molecular weight excluding hydrogens is 386 g/mol. The molecule has 0 saturated carbocycles. The average molecular weight is 399 g/mol. The van der Waals surface area contributed by atoms with Gasteiger partial charge in [-0.2, -0.15) is 0 Å². The summed E-state index contributed by atoms with van der Waals surface area (Å²) in [7, 11) is 0. The lowest BCUT2D eigenvalue weighted by Gasteiger charge is -2.00. The van der Waals surface area contributed by atoms with Gasteiger partial charge in [-0.05, 0) is 37.3 Å². The highest BCUT2D eigenvalue weighted by molar-refractivity contribution is 7.14. The summed E-state index contributed by atoms with van der Waals surface area (Å²) in [5, 5.41) is 16.1. The summed E-state index contributed by atoms with van der Waals surface area (Å²) >= 11 is 1.20. The van der Waals surface area contributed by atoms with Crippen LogP contribution in [0.1, 0.15) is 17.5 Å². The van der Waals surface area contributed by atoms with E-state index >= 15 is 0 Å². The first-order valence-corrected chi connectivity index (χ1v) is 9.09. The smallest absolute Gasteiger partial charge is 0.433 e. The summed E-state index contributed by atoms with van der Waals surface area (Å²) in [5.74, 6) is 0.00411. The van der Waals surface area contributed by atoms with Gasteiger partial charge in [0.25, 0.3) is 5.91 Å². The minimum atomic E-state index is -0.711. The minimum absolute atomic E-state index is 0.171. The number of nitrogens with zero attached hydrogens (tertiary/aromatic N) is 2. The Morgan fingerprint density at radius 2 is 2.14 bits per heavy atom. The van der Waals surface area contributed by atoms with Crippen LogP contribution in [-0.2, 0) is 0 Å². The Morgan fingerprint density at radius 1 is 1.29 bits per heavy atom. The van der Waals surface area contributed by atoms with Crippen molar-refractivity contribution in [3.8, 4) is 17.2 Å². The molecule has 0 atom stereocenters. The highest BCUT2D eigenvalue weighted by atomic mass is 32.1. The summed E-state index contributed by atoms with van der Waals surface area (Å²) in [6.45, 7) is 2.49. The average Bonchev–Trinajstić information content (AvgIpc) is 3.40. The van der Waals surface area contributed by atoms with Crippen LogP contribution in [0.15, 0.2) is 50.6 Å². The molecule has 0 unspecified atom stereocenters. The molecule has 0 bridgehead atoms. The molecule has 9 nitrogen and oxygen atoms in total. The van der Waals surface area contributed by atoms with Gasteiger partial charge in [0.05, 0.1) is 12.7 Å². The number of anilines is 1. The molecule has 3 aromatic heterocycles. The van der Waals surface area contributed by atoms with E-state index in [-0.39, 0.29) is 5.76 Å². The Bertz CT molecular complexity index is 1180. The van der Waals surface area contributed by atoms with Crippen LogP contribution in [0.25, 0.3) is 22.4 Å². The Hall–Kier alpha value is -3.66. The summed E-state index contributed by atoms with van der Waals surface area (Å²) in [6.07, 6.45) is 0. The van der Waals surface area contributed by atoms with E-state index in [0.717, 1.165) is 17.2 Å². The molecule has 0 aliphatic rings. The number of carbonyl (C=O) groups is 1. The van der Waals surface area contributed by atoms with Crippen molar-refractivity contribution in [1.82, 2.24) is 4.98 Å². The highest BCUT2D eigenvalue weighted by Gasteiger charge is 2.19. The predicted octanol–water partition coefficient (Wildman–Crippen LogP) is 4.71. The lowest BCUT2D eigenvalue weighted by molar-refractivity contribution is -0.402. The van der Waals surface area contributed by atoms with Crippen molar-refractivity contribution < 1.29 is 23.3 Å². The van der Waals surface area contributed by atoms with Gasteiger partial charge in [-0.1, -0.05) is 0 Å². The molecule has 4 aromatic rings. The third-order valence-corrected chi connectivity index (χ3v) is 4.53. The number of nitrogens with one attached hydrogen (secondary N) is 1. The number of ether oxygens (including phenoxy) is 1. The number of amides is 1. The number of aromatic nitrogens is 1. The molecule has 0 aliphatic carbocycles. The molecule has 1 amide bonds. The number of carbonyl (C=O) groups excluding carboxylic acids is 1. The molecule has 3 heterocycles. The maximum Gasteiger partial charge on any atom is 0.433 e. The number of fused-ring (bicyclic) bond motifs is 1. The Kier molecular flexibility index (Phi) is 4.53. The maximum absolute atomic E-state index is 12.1. The summed E-state index contributed by atoms with van der Waals surface area (Å²) in [5.41, 5.74) is 1.25. The van der Waals surface area contributed by atoms with Crippen LogP contribution < -0.4 is 10.1 Å². The van der Waals surface area contributed by atoms with Crippen molar-refractivity contribution in [2.45, 2.75) is 6.92 Å². The standard InChI is InChI=1S/C18H13N3O6S/c1-2-25-11-3-4-13-10(7-11)8-15(26-13)12-9-28-18(19-12)20-17(22)14-5-6-16(27-14)21(23)24/h3-9H,2H2,1H3,(H,19,20,22). The molecule has 1 aromatic carbocycles. The molecule has 0 spiro atoms. The van der Waals surface area contributed by atoms with Gasteiger partial charge in [-0.25, -0.2) is 4.98 Å². The fraction of sp³-hybridized carbons (Fsp3) is 0.111. The zero-order valence-corrected chi connectivity index (χ0v) is 15.3. The zero-order chi connectivity index (χ0) is 19.7. The first-order valence-electron chi connectivity index (χ1n) is 8.21. The first-order chi connectivity index (χ1) is 13.5. The Balaban J connectivity index is 1.52. The van der Waals surface area contributed by atoms with Gasteiger partial charge >= 0.3 is 5.88 Å². The number of nitro groups is 1. The van der Waals surface area contributed by atoms with Crippen molar-refractivity contribution in [3.63, 3.8) is 0 Å². The highest BCUT2D eigenvalue weighted by Crippen LogP contribution is 2.32. The maximum atomic E-state index is 12.1. The fourth-order valence-corrected chi connectivity index (χ4v) is 3.25. The van der Waals surface area contributed by atoms with Gasteiger partial charge < -0.3 is 13.6 Å². The van der Waals surface area contributed by atoms with Crippen molar-refractivity contribution in [1.29, 1.82) is 0 Å².